The molecule has 1 unspecified atom stereocenters. The zero-order chi connectivity index (χ0) is 12.0. The van der Waals surface area contributed by atoms with E-state index < -0.39 is 11.0 Å². The minimum Gasteiger partial charge on any atom is -0.274 e. The van der Waals surface area contributed by atoms with Crippen LogP contribution >= 0.6 is 0 Å². The van der Waals surface area contributed by atoms with Gasteiger partial charge in [-0.15, -0.1) is 0 Å². The van der Waals surface area contributed by atoms with Gasteiger partial charge in [-0.2, -0.15) is 0 Å². The third-order valence-corrected chi connectivity index (χ3v) is 3.14. The molecule has 1 heterocycles. The number of carbonyl (C=O) groups excluding carboxylic acids is 1. The Bertz CT molecular complexity index is 376. The van der Waals surface area contributed by atoms with Crippen molar-refractivity contribution in [3.63, 3.8) is 0 Å². The lowest BCUT2D eigenvalue weighted by Gasteiger charge is -2.04. The van der Waals surface area contributed by atoms with Crippen molar-refractivity contribution in [3.05, 3.63) is 24.0 Å². The van der Waals surface area contributed by atoms with Gasteiger partial charge in [-0.3, -0.25) is 14.5 Å². The van der Waals surface area contributed by atoms with Crippen LogP contribution in [0.3, 0.4) is 0 Å². The van der Waals surface area contributed by atoms with E-state index in [-0.39, 0.29) is 5.91 Å². The molecule has 0 fully saturated rings. The van der Waals surface area contributed by atoms with Crippen LogP contribution in [0, 0.1) is 0 Å². The lowest BCUT2D eigenvalue weighted by molar-refractivity contribution is -0.119. The smallest absolute Gasteiger partial charge is 0.231 e. The van der Waals surface area contributed by atoms with Gasteiger partial charge in [0, 0.05) is 18.3 Å². The summed E-state index contributed by atoms with van der Waals surface area (Å²) in [4.78, 5) is 15.9. The fraction of sp³-hybridized carbons (Fsp3) is 0.455. The Balaban J connectivity index is 2.62. The zero-order valence-corrected chi connectivity index (χ0v) is 10.3. The van der Waals surface area contributed by atoms with Crippen LogP contribution in [0.4, 0.5) is 0 Å². The van der Waals surface area contributed by atoms with Crippen LogP contribution in [0.25, 0.3) is 0 Å². The Morgan fingerprint density at radius 1 is 1.44 bits per heavy atom. The second-order valence-corrected chi connectivity index (χ2v) is 4.60. The summed E-state index contributed by atoms with van der Waals surface area (Å²) >= 11 is 0. The molecule has 88 valence electrons. The predicted molar refractivity (Wildman–Crippen MR) is 63.1 cm³/mol. The Kier molecular flexibility index (Phi) is 5.11. The highest BCUT2D eigenvalue weighted by Crippen LogP contribution is 2.05. The molecule has 0 spiro atoms. The molecule has 0 aliphatic heterocycles. The first-order valence-corrected chi connectivity index (χ1v) is 6.48. The molecule has 1 N–H and O–H groups in total. The monoisotopic (exact) mass is 240 g/mol. The number of rotatable bonds is 5. The van der Waals surface area contributed by atoms with Gasteiger partial charge in [-0.05, 0) is 25.0 Å². The Labute approximate surface area is 98.1 Å². The maximum Gasteiger partial charge on any atom is 0.231 e. The molecule has 16 heavy (non-hydrogen) atoms. The largest absolute Gasteiger partial charge is 0.274 e. The van der Waals surface area contributed by atoms with Gasteiger partial charge in [0.1, 0.15) is 0 Å². The molecular formula is C11H16N2O2S. The van der Waals surface area contributed by atoms with Crippen molar-refractivity contribution in [1.29, 1.82) is 0 Å². The fourth-order valence-electron chi connectivity index (χ4n) is 1.17. The van der Waals surface area contributed by atoms with Gasteiger partial charge in [0.25, 0.3) is 0 Å². The van der Waals surface area contributed by atoms with Crippen molar-refractivity contribution in [3.8, 4) is 0 Å². The van der Waals surface area contributed by atoms with Crippen molar-refractivity contribution in [1.82, 2.24) is 9.71 Å². The van der Waals surface area contributed by atoms with Gasteiger partial charge in [-0.25, -0.2) is 4.21 Å². The third-order valence-electron chi connectivity index (χ3n) is 2.06. The Morgan fingerprint density at radius 2 is 2.19 bits per heavy atom. The van der Waals surface area contributed by atoms with Gasteiger partial charge in [0.15, 0.2) is 11.0 Å². The molecule has 4 nitrogen and oxygen atoms in total. The van der Waals surface area contributed by atoms with Gasteiger partial charge in [-0.1, -0.05) is 13.8 Å². The molecule has 0 bridgehead atoms. The van der Waals surface area contributed by atoms with E-state index >= 15 is 0 Å². The third kappa shape index (κ3) is 3.73. The van der Waals surface area contributed by atoms with Gasteiger partial charge < -0.3 is 0 Å². The van der Waals surface area contributed by atoms with Crippen LogP contribution in [0.5, 0.6) is 0 Å². The number of carbonyl (C=O) groups is 1. The fourth-order valence-corrected chi connectivity index (χ4v) is 1.94. The molecule has 5 heteroatoms. The summed E-state index contributed by atoms with van der Waals surface area (Å²) in [5.74, 6) is -0.194. The standard InChI is InChI=1S/C11H16N2O2S/c1-3-5-11(14)13-16(15)10-7-6-9(4-2)12-8-10/h6-8H,3-5H2,1-2H3,(H,13,14). The first-order chi connectivity index (χ1) is 7.67. The molecule has 1 aromatic rings. The number of pyridine rings is 1. The number of hydrogen-bond acceptors (Lipinski definition) is 3. The van der Waals surface area contributed by atoms with E-state index in [0.717, 1.165) is 18.5 Å². The average molecular weight is 240 g/mol. The molecule has 0 aliphatic rings. The highest BCUT2D eigenvalue weighted by atomic mass is 32.2. The van der Waals surface area contributed by atoms with E-state index in [2.05, 4.69) is 9.71 Å². The SMILES string of the molecule is CCCC(=O)NS(=O)c1ccc(CC)nc1. The number of aryl methyl sites for hydroxylation is 1. The quantitative estimate of drug-likeness (QED) is 0.850. The van der Waals surface area contributed by atoms with Crippen LogP contribution in [0.2, 0.25) is 0 Å². The lowest BCUT2D eigenvalue weighted by Crippen LogP contribution is -2.25. The zero-order valence-electron chi connectivity index (χ0n) is 9.53. The van der Waals surface area contributed by atoms with E-state index in [0.29, 0.717) is 11.3 Å². The highest BCUT2D eigenvalue weighted by Gasteiger charge is 2.07. The molecule has 0 aliphatic carbocycles. The van der Waals surface area contributed by atoms with E-state index in [9.17, 15) is 9.00 Å². The number of hydrogen-bond donors (Lipinski definition) is 1. The summed E-state index contributed by atoms with van der Waals surface area (Å²) in [7, 11) is -1.49. The Morgan fingerprint density at radius 3 is 2.69 bits per heavy atom. The highest BCUT2D eigenvalue weighted by molar-refractivity contribution is 7.83. The summed E-state index contributed by atoms with van der Waals surface area (Å²) in [6.45, 7) is 3.90. The molecule has 1 rings (SSSR count). The van der Waals surface area contributed by atoms with Gasteiger partial charge >= 0.3 is 0 Å². The van der Waals surface area contributed by atoms with Crippen molar-refractivity contribution >= 4 is 16.9 Å². The average Bonchev–Trinajstić information content (AvgIpc) is 2.29. The topological polar surface area (TPSA) is 59.1 Å². The minimum atomic E-state index is -1.49. The van der Waals surface area contributed by atoms with E-state index in [1.165, 1.54) is 0 Å². The van der Waals surface area contributed by atoms with Gasteiger partial charge in [0.2, 0.25) is 5.91 Å². The van der Waals surface area contributed by atoms with Crippen molar-refractivity contribution in [2.24, 2.45) is 0 Å². The molecule has 0 saturated carbocycles. The molecule has 1 amide bonds. The van der Waals surface area contributed by atoms with E-state index in [1.54, 1.807) is 12.3 Å². The molecule has 1 aromatic heterocycles. The van der Waals surface area contributed by atoms with Crippen LogP contribution in [-0.2, 0) is 22.2 Å². The maximum atomic E-state index is 11.7. The molecule has 0 aromatic carbocycles. The first kappa shape index (κ1) is 12.8. The summed E-state index contributed by atoms with van der Waals surface area (Å²) in [5.41, 5.74) is 0.945. The molecular weight excluding hydrogens is 224 g/mol. The second-order valence-electron chi connectivity index (χ2n) is 3.38. The van der Waals surface area contributed by atoms with Crippen LogP contribution in [0.15, 0.2) is 23.2 Å². The molecule has 0 radical (unpaired) electrons. The van der Waals surface area contributed by atoms with E-state index in [4.69, 9.17) is 0 Å². The van der Waals surface area contributed by atoms with Crippen LogP contribution in [0.1, 0.15) is 32.4 Å². The molecule has 0 saturated heterocycles. The summed E-state index contributed by atoms with van der Waals surface area (Å²) in [6, 6.07) is 3.55. The Hall–Kier alpha value is -1.23. The summed E-state index contributed by atoms with van der Waals surface area (Å²) < 4.78 is 14.1. The normalized spacial score (nSPS) is 12.1. The number of aromatic nitrogens is 1. The van der Waals surface area contributed by atoms with Crippen molar-refractivity contribution in [2.45, 2.75) is 38.0 Å². The van der Waals surface area contributed by atoms with Crippen molar-refractivity contribution < 1.29 is 9.00 Å². The number of nitrogens with one attached hydrogen (secondary N) is 1. The number of amides is 1. The predicted octanol–water partition coefficient (Wildman–Crippen LogP) is 1.58. The van der Waals surface area contributed by atoms with Gasteiger partial charge in [0.05, 0.1) is 4.90 Å². The van der Waals surface area contributed by atoms with Crippen molar-refractivity contribution in [2.75, 3.05) is 0 Å². The minimum absolute atomic E-state index is 0.194. The van der Waals surface area contributed by atoms with Crippen LogP contribution in [-0.4, -0.2) is 15.1 Å². The number of nitrogens with zero attached hydrogens (tertiary/aromatic N) is 1. The van der Waals surface area contributed by atoms with E-state index in [1.807, 2.05) is 19.9 Å². The summed E-state index contributed by atoms with van der Waals surface area (Å²) in [6.07, 6.45) is 3.53. The maximum absolute atomic E-state index is 11.7. The summed E-state index contributed by atoms with van der Waals surface area (Å²) in [5, 5.41) is 0. The second kappa shape index (κ2) is 6.37. The first-order valence-electron chi connectivity index (χ1n) is 5.33. The molecule has 1 atom stereocenters. The lowest BCUT2D eigenvalue weighted by atomic mass is 10.3. The van der Waals surface area contributed by atoms with Crippen LogP contribution < -0.4 is 4.72 Å².